The van der Waals surface area contributed by atoms with Gasteiger partial charge in [-0.1, -0.05) is 29.8 Å². The molecular weight excluding hydrogens is 352 g/mol. The fraction of sp³-hybridized carbons (Fsp3) is 0.500. The van der Waals surface area contributed by atoms with Crippen LogP contribution in [-0.2, 0) is 11.8 Å². The maximum atomic E-state index is 13.1. The first-order valence-corrected chi connectivity index (χ1v) is 10.1. The fourth-order valence-electron chi connectivity index (χ4n) is 4.47. The lowest BCUT2D eigenvalue weighted by molar-refractivity contribution is -0.136. The number of nitrogens with one attached hydrogen (secondary N) is 1. The third-order valence-electron chi connectivity index (χ3n) is 6.20. The Labute approximate surface area is 165 Å². The Balaban J connectivity index is 1.37. The van der Waals surface area contributed by atoms with Gasteiger partial charge in [-0.15, -0.1) is 0 Å². The van der Waals surface area contributed by atoms with Crippen molar-refractivity contribution in [2.24, 2.45) is 18.9 Å². The summed E-state index contributed by atoms with van der Waals surface area (Å²) in [6, 6.07) is 7.80. The van der Waals surface area contributed by atoms with Crippen LogP contribution in [0.4, 0.5) is 0 Å². The lowest BCUT2D eigenvalue weighted by Crippen LogP contribution is -2.44. The molecular formula is C22H28N4O2. The number of aromatic nitrogens is 2. The van der Waals surface area contributed by atoms with Crippen LogP contribution in [-0.4, -0.2) is 52.5 Å². The first kappa shape index (κ1) is 18.9. The van der Waals surface area contributed by atoms with E-state index in [9.17, 15) is 9.59 Å². The molecule has 2 atom stereocenters. The van der Waals surface area contributed by atoms with Gasteiger partial charge in [0.1, 0.15) is 0 Å². The first-order chi connectivity index (χ1) is 13.5. The number of carbonyl (C=O) groups is 2. The molecule has 148 valence electrons. The second-order valence-corrected chi connectivity index (χ2v) is 8.15. The molecule has 0 saturated carbocycles. The molecule has 2 aliphatic rings. The smallest absolute Gasteiger partial charge is 0.227 e. The van der Waals surface area contributed by atoms with Crippen molar-refractivity contribution in [3.8, 4) is 0 Å². The summed E-state index contributed by atoms with van der Waals surface area (Å²) >= 11 is 0. The van der Waals surface area contributed by atoms with E-state index in [4.69, 9.17) is 0 Å². The monoisotopic (exact) mass is 380 g/mol. The highest BCUT2D eigenvalue weighted by Crippen LogP contribution is 2.31. The van der Waals surface area contributed by atoms with Crippen LogP contribution in [0.5, 0.6) is 0 Å². The zero-order valence-corrected chi connectivity index (χ0v) is 16.6. The third kappa shape index (κ3) is 3.74. The Hall–Kier alpha value is -2.47. The Morgan fingerprint density at radius 3 is 2.46 bits per heavy atom. The van der Waals surface area contributed by atoms with Crippen molar-refractivity contribution < 1.29 is 9.59 Å². The summed E-state index contributed by atoms with van der Waals surface area (Å²) in [5.41, 5.74) is 3.06. The number of hydrogen-bond donors (Lipinski definition) is 1. The second kappa shape index (κ2) is 7.87. The zero-order valence-electron chi connectivity index (χ0n) is 16.6. The van der Waals surface area contributed by atoms with E-state index in [1.165, 1.54) is 0 Å². The molecule has 0 aliphatic carbocycles. The van der Waals surface area contributed by atoms with E-state index < -0.39 is 0 Å². The van der Waals surface area contributed by atoms with Gasteiger partial charge in [0, 0.05) is 56.8 Å². The Kier molecular flexibility index (Phi) is 5.31. The molecule has 2 fully saturated rings. The van der Waals surface area contributed by atoms with Crippen molar-refractivity contribution >= 4 is 11.7 Å². The van der Waals surface area contributed by atoms with Crippen LogP contribution in [0, 0.1) is 18.8 Å². The van der Waals surface area contributed by atoms with Gasteiger partial charge in [-0.3, -0.25) is 14.3 Å². The number of rotatable bonds is 4. The van der Waals surface area contributed by atoms with Gasteiger partial charge in [-0.2, -0.15) is 5.10 Å². The maximum Gasteiger partial charge on any atom is 0.227 e. The number of carbonyl (C=O) groups excluding carboxylic acids is 2. The normalized spacial score (nSPS) is 23.1. The Bertz CT molecular complexity index is 850. The molecule has 1 aromatic carbocycles. The van der Waals surface area contributed by atoms with E-state index in [1.807, 2.05) is 55.5 Å². The molecule has 28 heavy (non-hydrogen) atoms. The summed E-state index contributed by atoms with van der Waals surface area (Å²) in [5.74, 6) is 0.562. The zero-order chi connectivity index (χ0) is 19.7. The number of likely N-dealkylation sites (tertiary alicyclic amines) is 1. The quantitative estimate of drug-likeness (QED) is 0.826. The lowest BCUT2D eigenvalue weighted by Gasteiger charge is -2.34. The highest BCUT2D eigenvalue weighted by Gasteiger charge is 2.38. The van der Waals surface area contributed by atoms with E-state index in [0.29, 0.717) is 19.6 Å². The van der Waals surface area contributed by atoms with Crippen molar-refractivity contribution in [2.75, 3.05) is 26.2 Å². The van der Waals surface area contributed by atoms with Crippen LogP contribution < -0.4 is 5.32 Å². The molecule has 1 amide bonds. The summed E-state index contributed by atoms with van der Waals surface area (Å²) in [7, 11) is 1.90. The topological polar surface area (TPSA) is 67.2 Å². The van der Waals surface area contributed by atoms with Gasteiger partial charge in [-0.05, 0) is 25.3 Å². The van der Waals surface area contributed by atoms with Gasteiger partial charge in [-0.25, -0.2) is 0 Å². The number of aryl methyl sites for hydroxylation is 2. The third-order valence-corrected chi connectivity index (χ3v) is 6.20. The number of benzene rings is 1. The summed E-state index contributed by atoms with van der Waals surface area (Å²) < 4.78 is 1.79. The average Bonchev–Trinajstić information content (AvgIpc) is 3.36. The summed E-state index contributed by atoms with van der Waals surface area (Å²) in [6.45, 7) is 4.87. The SMILES string of the molecule is Cc1ccc(C(=O)C2CCN(C(=O)[C@H]3CNC[C@@H]3c3cnn(C)c3)CC2)cc1. The predicted octanol–water partition coefficient (Wildman–Crippen LogP) is 2.15. The number of piperidine rings is 1. The van der Waals surface area contributed by atoms with Crippen LogP contribution in [0.15, 0.2) is 36.7 Å². The summed E-state index contributed by atoms with van der Waals surface area (Å²) in [4.78, 5) is 27.9. The van der Waals surface area contributed by atoms with Crippen molar-refractivity contribution in [3.05, 3.63) is 53.3 Å². The Morgan fingerprint density at radius 1 is 1.11 bits per heavy atom. The number of Topliss-reactive ketones (excluding diaryl/α,β-unsaturated/α-hetero) is 1. The molecule has 6 nitrogen and oxygen atoms in total. The minimum Gasteiger partial charge on any atom is -0.342 e. The molecule has 0 unspecified atom stereocenters. The number of ketones is 1. The van der Waals surface area contributed by atoms with Gasteiger partial charge in [0.2, 0.25) is 5.91 Å². The van der Waals surface area contributed by atoms with Crippen LogP contribution in [0.25, 0.3) is 0 Å². The van der Waals surface area contributed by atoms with Crippen molar-refractivity contribution in [1.82, 2.24) is 20.0 Å². The van der Waals surface area contributed by atoms with Gasteiger partial charge in [0.15, 0.2) is 5.78 Å². The van der Waals surface area contributed by atoms with Crippen LogP contribution in [0.2, 0.25) is 0 Å². The maximum absolute atomic E-state index is 13.1. The van der Waals surface area contributed by atoms with Gasteiger partial charge in [0.05, 0.1) is 12.1 Å². The largest absolute Gasteiger partial charge is 0.342 e. The minimum atomic E-state index is -0.0476. The molecule has 2 aliphatic heterocycles. The fourth-order valence-corrected chi connectivity index (χ4v) is 4.47. The first-order valence-electron chi connectivity index (χ1n) is 10.1. The molecule has 3 heterocycles. The summed E-state index contributed by atoms with van der Waals surface area (Å²) in [5, 5.41) is 7.62. The van der Waals surface area contributed by atoms with Crippen LogP contribution in [0.1, 0.15) is 40.2 Å². The lowest BCUT2D eigenvalue weighted by atomic mass is 9.86. The molecule has 1 aromatic heterocycles. The van der Waals surface area contributed by atoms with Crippen molar-refractivity contribution in [1.29, 1.82) is 0 Å². The van der Waals surface area contributed by atoms with E-state index in [1.54, 1.807) is 4.68 Å². The Morgan fingerprint density at radius 2 is 1.82 bits per heavy atom. The average molecular weight is 380 g/mol. The second-order valence-electron chi connectivity index (χ2n) is 8.15. The van der Waals surface area contributed by atoms with Crippen LogP contribution >= 0.6 is 0 Å². The predicted molar refractivity (Wildman–Crippen MR) is 107 cm³/mol. The summed E-state index contributed by atoms with van der Waals surface area (Å²) in [6.07, 6.45) is 5.36. The molecule has 0 radical (unpaired) electrons. The standard InChI is InChI=1S/C22H28N4O2/c1-15-3-5-16(6-4-15)21(27)17-7-9-26(10-8-17)22(28)20-13-23-12-19(20)18-11-24-25(2)14-18/h3-6,11,14,17,19-20,23H,7-10,12-13H2,1-2H3/t19-,20+/m1/s1. The van der Waals surface area contributed by atoms with Crippen molar-refractivity contribution in [3.63, 3.8) is 0 Å². The molecule has 2 saturated heterocycles. The highest BCUT2D eigenvalue weighted by atomic mass is 16.2. The van der Waals surface area contributed by atoms with Crippen molar-refractivity contribution in [2.45, 2.75) is 25.7 Å². The van der Waals surface area contributed by atoms with E-state index in [0.717, 1.165) is 36.1 Å². The molecule has 6 heteroatoms. The number of amides is 1. The van der Waals surface area contributed by atoms with Gasteiger partial charge in [0.25, 0.3) is 0 Å². The molecule has 0 spiro atoms. The number of nitrogens with zero attached hydrogens (tertiary/aromatic N) is 3. The molecule has 4 rings (SSSR count). The molecule has 2 aromatic rings. The minimum absolute atomic E-state index is 0.0163. The van der Waals surface area contributed by atoms with Gasteiger partial charge < -0.3 is 10.2 Å². The van der Waals surface area contributed by atoms with Gasteiger partial charge >= 0.3 is 0 Å². The van der Waals surface area contributed by atoms with Crippen LogP contribution in [0.3, 0.4) is 0 Å². The highest BCUT2D eigenvalue weighted by molar-refractivity contribution is 5.98. The number of hydrogen-bond acceptors (Lipinski definition) is 4. The van der Waals surface area contributed by atoms with E-state index in [-0.39, 0.29) is 29.4 Å². The molecule has 1 N–H and O–H groups in total. The molecule has 0 bridgehead atoms. The van der Waals surface area contributed by atoms with E-state index in [2.05, 4.69) is 10.4 Å². The van der Waals surface area contributed by atoms with E-state index >= 15 is 0 Å².